The van der Waals surface area contributed by atoms with Crippen LogP contribution in [0.1, 0.15) is 32.1 Å². The third-order valence-corrected chi connectivity index (χ3v) is 4.68. The van der Waals surface area contributed by atoms with E-state index in [4.69, 9.17) is 9.26 Å². The molecule has 0 spiro atoms. The van der Waals surface area contributed by atoms with Gasteiger partial charge in [-0.2, -0.15) is 9.61 Å². The zero-order valence-electron chi connectivity index (χ0n) is 18.2. The van der Waals surface area contributed by atoms with Gasteiger partial charge in [-0.3, -0.25) is 0 Å². The third kappa shape index (κ3) is 3.82. The highest BCUT2D eigenvalue weighted by Crippen LogP contribution is 2.29. The molecule has 4 aromatic heterocycles. The molecule has 0 radical (unpaired) electrons. The highest BCUT2D eigenvalue weighted by atomic mass is 16.5. The molecule has 0 aliphatic heterocycles. The number of hydrogen-bond donors (Lipinski definition) is 1. The maximum atomic E-state index is 6.14. The van der Waals surface area contributed by atoms with Crippen LogP contribution in [0.2, 0.25) is 0 Å². The molecule has 1 aromatic carbocycles. The van der Waals surface area contributed by atoms with E-state index in [-0.39, 0.29) is 12.1 Å². The van der Waals surface area contributed by atoms with Crippen LogP contribution in [-0.2, 0) is 6.61 Å². The molecule has 0 saturated carbocycles. The van der Waals surface area contributed by atoms with Gasteiger partial charge in [-0.25, -0.2) is 0 Å². The van der Waals surface area contributed by atoms with Gasteiger partial charge in [-0.15, -0.1) is 20.4 Å². The molecule has 162 valence electrons. The van der Waals surface area contributed by atoms with E-state index in [2.05, 4.69) is 56.7 Å². The van der Waals surface area contributed by atoms with Gasteiger partial charge in [-0.05, 0) is 39.8 Å². The molecule has 0 fully saturated rings. The van der Waals surface area contributed by atoms with Crippen LogP contribution in [0.3, 0.4) is 0 Å². The minimum atomic E-state index is -0.124. The number of hydrogen-bond acceptors (Lipinski definition) is 9. The van der Waals surface area contributed by atoms with Gasteiger partial charge in [0, 0.05) is 27.9 Å². The Kier molecular flexibility index (Phi) is 4.69. The SMILES string of the molecule is Cc1cc(-c2nnc3c4ccccc4c(OCc4cnnc(NC(C)(C)C)c4)nn23)no1. The van der Waals surface area contributed by atoms with Crippen molar-refractivity contribution in [2.24, 2.45) is 0 Å². The number of aromatic nitrogens is 7. The van der Waals surface area contributed by atoms with Crippen LogP contribution < -0.4 is 10.1 Å². The fraction of sp³-hybridized carbons (Fsp3) is 0.273. The Bertz CT molecular complexity index is 1420. The molecule has 32 heavy (non-hydrogen) atoms. The van der Waals surface area contributed by atoms with E-state index in [1.165, 1.54) is 0 Å². The Morgan fingerprint density at radius 1 is 1.06 bits per heavy atom. The first-order valence-corrected chi connectivity index (χ1v) is 10.2. The van der Waals surface area contributed by atoms with Crippen molar-refractivity contribution in [1.82, 2.24) is 35.2 Å². The second kappa shape index (κ2) is 7.56. The lowest BCUT2D eigenvalue weighted by atomic mass is 10.1. The van der Waals surface area contributed by atoms with Gasteiger partial charge in [0.05, 0.1) is 6.20 Å². The number of anilines is 1. The van der Waals surface area contributed by atoms with Crippen molar-refractivity contribution in [2.75, 3.05) is 5.32 Å². The Morgan fingerprint density at radius 3 is 2.62 bits per heavy atom. The van der Waals surface area contributed by atoms with E-state index < -0.39 is 0 Å². The highest BCUT2D eigenvalue weighted by molar-refractivity contribution is 5.96. The van der Waals surface area contributed by atoms with E-state index in [9.17, 15) is 0 Å². The van der Waals surface area contributed by atoms with Crippen molar-refractivity contribution in [2.45, 2.75) is 39.8 Å². The number of nitrogens with one attached hydrogen (secondary N) is 1. The quantitative estimate of drug-likeness (QED) is 0.444. The number of aryl methyl sites for hydroxylation is 1. The first-order valence-electron chi connectivity index (χ1n) is 10.2. The van der Waals surface area contributed by atoms with Crippen molar-refractivity contribution < 1.29 is 9.26 Å². The van der Waals surface area contributed by atoms with E-state index in [1.807, 2.05) is 37.3 Å². The van der Waals surface area contributed by atoms with Gasteiger partial charge < -0.3 is 14.6 Å². The zero-order valence-corrected chi connectivity index (χ0v) is 18.2. The normalized spacial score (nSPS) is 11.9. The molecule has 0 bridgehead atoms. The summed E-state index contributed by atoms with van der Waals surface area (Å²) in [4.78, 5) is 0. The number of rotatable bonds is 5. The highest BCUT2D eigenvalue weighted by Gasteiger charge is 2.18. The predicted molar refractivity (Wildman–Crippen MR) is 118 cm³/mol. The molecule has 5 rings (SSSR count). The minimum Gasteiger partial charge on any atom is -0.471 e. The van der Waals surface area contributed by atoms with Crippen molar-refractivity contribution in [1.29, 1.82) is 0 Å². The largest absolute Gasteiger partial charge is 0.471 e. The number of benzene rings is 1. The first-order chi connectivity index (χ1) is 15.4. The summed E-state index contributed by atoms with van der Waals surface area (Å²) in [5, 5.41) is 30.6. The van der Waals surface area contributed by atoms with Crippen molar-refractivity contribution in [3.05, 3.63) is 53.9 Å². The molecule has 0 aliphatic carbocycles. The van der Waals surface area contributed by atoms with Crippen LogP contribution in [0.15, 0.2) is 47.1 Å². The van der Waals surface area contributed by atoms with Gasteiger partial charge in [0.25, 0.3) is 0 Å². The van der Waals surface area contributed by atoms with E-state index in [1.54, 1.807) is 16.8 Å². The maximum absolute atomic E-state index is 6.14. The van der Waals surface area contributed by atoms with Crippen LogP contribution in [0.25, 0.3) is 27.9 Å². The number of nitrogens with zero attached hydrogens (tertiary/aromatic N) is 7. The summed E-state index contributed by atoms with van der Waals surface area (Å²) < 4.78 is 13.0. The summed E-state index contributed by atoms with van der Waals surface area (Å²) in [5.74, 6) is 2.31. The van der Waals surface area contributed by atoms with Crippen LogP contribution in [0, 0.1) is 6.92 Å². The summed E-state index contributed by atoms with van der Waals surface area (Å²) in [7, 11) is 0. The molecule has 0 unspecified atom stereocenters. The van der Waals surface area contributed by atoms with Crippen molar-refractivity contribution in [3.8, 4) is 17.4 Å². The molecule has 0 saturated heterocycles. The fourth-order valence-corrected chi connectivity index (χ4v) is 3.37. The van der Waals surface area contributed by atoms with Gasteiger partial charge in [0.1, 0.15) is 18.2 Å². The van der Waals surface area contributed by atoms with Crippen LogP contribution in [0.5, 0.6) is 5.88 Å². The molecule has 10 heteroatoms. The molecule has 0 atom stereocenters. The molecular formula is C22H22N8O2. The number of ether oxygens (including phenoxy) is 1. The van der Waals surface area contributed by atoms with Gasteiger partial charge in [0.2, 0.25) is 11.7 Å². The van der Waals surface area contributed by atoms with E-state index >= 15 is 0 Å². The summed E-state index contributed by atoms with van der Waals surface area (Å²) in [5.41, 5.74) is 1.92. The Hall–Kier alpha value is -4.08. The molecule has 0 aliphatic rings. The van der Waals surface area contributed by atoms with Crippen LogP contribution >= 0.6 is 0 Å². The average Bonchev–Trinajstić information content (AvgIpc) is 3.37. The minimum absolute atomic E-state index is 0.124. The summed E-state index contributed by atoms with van der Waals surface area (Å²) in [6.45, 7) is 8.29. The monoisotopic (exact) mass is 430 g/mol. The maximum Gasteiger partial charge on any atom is 0.240 e. The predicted octanol–water partition coefficient (Wildman–Crippen LogP) is 3.82. The Morgan fingerprint density at radius 2 is 1.88 bits per heavy atom. The van der Waals surface area contributed by atoms with Crippen LogP contribution in [0.4, 0.5) is 5.82 Å². The van der Waals surface area contributed by atoms with Crippen molar-refractivity contribution >= 4 is 22.2 Å². The van der Waals surface area contributed by atoms with E-state index in [0.29, 0.717) is 34.6 Å². The third-order valence-electron chi connectivity index (χ3n) is 4.68. The Labute approximate surface area is 183 Å². The molecule has 5 aromatic rings. The molecule has 4 heterocycles. The lowest BCUT2D eigenvalue weighted by Crippen LogP contribution is -2.26. The van der Waals surface area contributed by atoms with E-state index in [0.717, 1.165) is 16.3 Å². The van der Waals surface area contributed by atoms with Gasteiger partial charge in [-0.1, -0.05) is 23.4 Å². The average molecular weight is 430 g/mol. The standard InChI is InChI=1S/C22H22N8O2/c1-13-9-17(29-32-13)20-27-26-19-15-7-5-6-8-16(15)21(28-30(19)20)31-12-14-10-18(25-23-11-14)24-22(2,3)4/h5-11H,12H2,1-4H3,(H,24,25). The lowest BCUT2D eigenvalue weighted by molar-refractivity contribution is 0.293. The fourth-order valence-electron chi connectivity index (χ4n) is 3.37. The van der Waals surface area contributed by atoms with Gasteiger partial charge in [0.15, 0.2) is 11.3 Å². The first kappa shape index (κ1) is 19.9. The Balaban J connectivity index is 1.53. The summed E-state index contributed by atoms with van der Waals surface area (Å²) >= 11 is 0. The topological polar surface area (TPSA) is 116 Å². The summed E-state index contributed by atoms with van der Waals surface area (Å²) in [6, 6.07) is 11.5. The second-order valence-corrected chi connectivity index (χ2v) is 8.55. The van der Waals surface area contributed by atoms with Gasteiger partial charge >= 0.3 is 0 Å². The number of fused-ring (bicyclic) bond motifs is 3. The molecule has 1 N–H and O–H groups in total. The van der Waals surface area contributed by atoms with Crippen molar-refractivity contribution in [3.63, 3.8) is 0 Å². The molecular weight excluding hydrogens is 408 g/mol. The lowest BCUT2D eigenvalue weighted by Gasteiger charge is -2.21. The zero-order chi connectivity index (χ0) is 22.3. The smallest absolute Gasteiger partial charge is 0.240 e. The second-order valence-electron chi connectivity index (χ2n) is 8.55. The summed E-state index contributed by atoms with van der Waals surface area (Å²) in [6.07, 6.45) is 1.68. The molecule has 0 amide bonds. The molecule has 10 nitrogen and oxygen atoms in total. The van der Waals surface area contributed by atoms with Crippen LogP contribution in [-0.4, -0.2) is 40.7 Å².